The first-order valence-corrected chi connectivity index (χ1v) is 6.33. The summed E-state index contributed by atoms with van der Waals surface area (Å²) >= 11 is 0. The minimum Gasteiger partial charge on any atom is -0.351 e. The molecule has 1 aliphatic rings. The zero-order chi connectivity index (χ0) is 13.9. The molecule has 0 unspecified atom stereocenters. The predicted octanol–water partition coefficient (Wildman–Crippen LogP) is 0.887. The van der Waals surface area contributed by atoms with Crippen molar-refractivity contribution in [3.63, 3.8) is 0 Å². The highest BCUT2D eigenvalue weighted by molar-refractivity contribution is 5.57. The van der Waals surface area contributed by atoms with Gasteiger partial charge in [0, 0.05) is 31.3 Å². The molecule has 0 aromatic carbocycles. The number of rotatable bonds is 3. The van der Waals surface area contributed by atoms with Crippen LogP contribution in [0.5, 0.6) is 0 Å². The number of hydrogen-bond acceptors (Lipinski definition) is 7. The van der Waals surface area contributed by atoms with Crippen LogP contribution in [0.2, 0.25) is 0 Å². The number of aromatic amines is 1. The number of hydrogen-bond donors (Lipinski definition) is 1. The predicted molar refractivity (Wildman–Crippen MR) is 69.3 cm³/mol. The highest BCUT2D eigenvalue weighted by Crippen LogP contribution is 2.31. The van der Waals surface area contributed by atoms with E-state index in [1.807, 2.05) is 4.90 Å². The maximum absolute atomic E-state index is 11.0. The van der Waals surface area contributed by atoms with E-state index in [4.69, 9.17) is 0 Å². The molecule has 9 heteroatoms. The van der Waals surface area contributed by atoms with Crippen molar-refractivity contribution in [2.75, 3.05) is 18.0 Å². The van der Waals surface area contributed by atoms with Crippen molar-refractivity contribution in [1.29, 1.82) is 0 Å². The van der Waals surface area contributed by atoms with E-state index in [1.54, 1.807) is 12.3 Å². The molecule has 1 fully saturated rings. The van der Waals surface area contributed by atoms with Gasteiger partial charge in [-0.15, -0.1) is 10.2 Å². The lowest BCUT2D eigenvalue weighted by molar-refractivity contribution is -0.384. The molecule has 2 aromatic heterocycles. The third-order valence-electron chi connectivity index (χ3n) is 3.48. The Bertz CT molecular complexity index is 593. The fourth-order valence-electron chi connectivity index (χ4n) is 2.47. The van der Waals surface area contributed by atoms with Crippen LogP contribution in [0.25, 0.3) is 0 Å². The van der Waals surface area contributed by atoms with Gasteiger partial charge in [0.25, 0.3) is 0 Å². The van der Waals surface area contributed by atoms with Gasteiger partial charge in [-0.3, -0.25) is 10.1 Å². The summed E-state index contributed by atoms with van der Waals surface area (Å²) < 4.78 is 0. The number of aromatic nitrogens is 5. The molecule has 0 spiro atoms. The van der Waals surface area contributed by atoms with Crippen LogP contribution in [0, 0.1) is 10.1 Å². The zero-order valence-electron chi connectivity index (χ0n) is 10.6. The number of H-pyrrole nitrogens is 1. The quantitative estimate of drug-likeness (QED) is 0.653. The average molecular weight is 275 g/mol. The fourth-order valence-corrected chi connectivity index (χ4v) is 2.47. The van der Waals surface area contributed by atoms with Crippen molar-refractivity contribution in [2.45, 2.75) is 18.8 Å². The molecule has 20 heavy (non-hydrogen) atoms. The molecule has 3 rings (SSSR count). The normalized spacial score (nSPS) is 16.3. The number of pyridine rings is 1. The Labute approximate surface area is 114 Å². The second kappa shape index (κ2) is 5.19. The third-order valence-corrected chi connectivity index (χ3v) is 3.48. The first-order chi connectivity index (χ1) is 9.75. The van der Waals surface area contributed by atoms with Crippen molar-refractivity contribution in [3.8, 4) is 0 Å². The Kier molecular flexibility index (Phi) is 3.23. The number of anilines is 1. The van der Waals surface area contributed by atoms with Gasteiger partial charge in [0.2, 0.25) is 5.82 Å². The van der Waals surface area contributed by atoms with Gasteiger partial charge >= 0.3 is 5.69 Å². The zero-order valence-corrected chi connectivity index (χ0v) is 10.6. The summed E-state index contributed by atoms with van der Waals surface area (Å²) in [6, 6.07) is 3.06. The first kappa shape index (κ1) is 12.5. The topological polar surface area (TPSA) is 114 Å². The molecule has 0 radical (unpaired) electrons. The number of tetrazole rings is 1. The molecule has 0 bridgehead atoms. The maximum Gasteiger partial charge on any atom is 0.311 e. The van der Waals surface area contributed by atoms with Gasteiger partial charge in [0.15, 0.2) is 5.82 Å². The van der Waals surface area contributed by atoms with Crippen molar-refractivity contribution >= 4 is 11.5 Å². The number of nitro groups is 1. The van der Waals surface area contributed by atoms with Gasteiger partial charge < -0.3 is 4.90 Å². The van der Waals surface area contributed by atoms with E-state index in [0.29, 0.717) is 24.7 Å². The summed E-state index contributed by atoms with van der Waals surface area (Å²) in [6.45, 7) is 1.38. The monoisotopic (exact) mass is 275 g/mol. The Morgan fingerprint density at radius 1 is 1.40 bits per heavy atom. The Morgan fingerprint density at radius 3 is 2.85 bits per heavy atom. The minimum absolute atomic E-state index is 0.0468. The maximum atomic E-state index is 11.0. The molecule has 0 aliphatic carbocycles. The number of nitrogens with zero attached hydrogens (tertiary/aromatic N) is 6. The Morgan fingerprint density at radius 2 is 2.20 bits per heavy atom. The molecule has 1 saturated heterocycles. The molecule has 3 heterocycles. The molecular formula is C11H13N7O2. The highest BCUT2D eigenvalue weighted by Gasteiger charge is 2.27. The summed E-state index contributed by atoms with van der Waals surface area (Å²) in [4.78, 5) is 16.7. The summed E-state index contributed by atoms with van der Waals surface area (Å²) in [6.07, 6.45) is 3.23. The average Bonchev–Trinajstić information content (AvgIpc) is 3.02. The minimum atomic E-state index is -0.395. The van der Waals surface area contributed by atoms with Gasteiger partial charge in [0.1, 0.15) is 0 Å². The summed E-state index contributed by atoms with van der Waals surface area (Å²) in [7, 11) is 0. The van der Waals surface area contributed by atoms with Crippen molar-refractivity contribution < 1.29 is 4.92 Å². The Hall–Kier alpha value is -2.58. The molecule has 104 valence electrons. The SMILES string of the molecule is O=[N+]([O-])c1cccnc1N1CCC(c2nn[nH]n2)CC1. The van der Waals surface area contributed by atoms with Crippen molar-refractivity contribution in [1.82, 2.24) is 25.6 Å². The van der Waals surface area contributed by atoms with Crippen molar-refractivity contribution in [3.05, 3.63) is 34.3 Å². The van der Waals surface area contributed by atoms with Crippen molar-refractivity contribution in [2.24, 2.45) is 0 Å². The van der Waals surface area contributed by atoms with E-state index < -0.39 is 4.92 Å². The van der Waals surface area contributed by atoms with Gasteiger partial charge in [-0.05, 0) is 18.9 Å². The van der Waals surface area contributed by atoms with Crippen LogP contribution in [0.3, 0.4) is 0 Å². The lowest BCUT2D eigenvalue weighted by atomic mass is 9.96. The Balaban J connectivity index is 1.74. The number of nitrogens with one attached hydrogen (secondary N) is 1. The standard InChI is InChI=1S/C11H13N7O2/c19-18(20)9-2-1-5-12-11(9)17-6-3-8(4-7-17)10-13-15-16-14-10/h1-2,5,8H,3-4,6-7H2,(H,13,14,15,16). The van der Waals surface area contributed by atoms with Crippen LogP contribution >= 0.6 is 0 Å². The van der Waals surface area contributed by atoms with Crippen LogP contribution in [-0.4, -0.2) is 43.6 Å². The molecule has 0 saturated carbocycles. The summed E-state index contributed by atoms with van der Waals surface area (Å²) in [5.74, 6) is 1.39. The lowest BCUT2D eigenvalue weighted by Gasteiger charge is -2.30. The molecule has 0 amide bonds. The van der Waals surface area contributed by atoms with Gasteiger partial charge in [-0.25, -0.2) is 4.98 Å². The fraction of sp³-hybridized carbons (Fsp3) is 0.455. The van der Waals surface area contributed by atoms with Gasteiger partial charge in [-0.1, -0.05) is 5.21 Å². The van der Waals surface area contributed by atoms with Crippen LogP contribution in [0.15, 0.2) is 18.3 Å². The largest absolute Gasteiger partial charge is 0.351 e. The molecule has 1 aliphatic heterocycles. The van der Waals surface area contributed by atoms with E-state index in [2.05, 4.69) is 25.6 Å². The van der Waals surface area contributed by atoms with Crippen LogP contribution < -0.4 is 4.90 Å². The van der Waals surface area contributed by atoms with E-state index in [0.717, 1.165) is 12.8 Å². The van der Waals surface area contributed by atoms with E-state index in [9.17, 15) is 10.1 Å². The smallest absolute Gasteiger partial charge is 0.311 e. The van der Waals surface area contributed by atoms with Crippen LogP contribution in [0.1, 0.15) is 24.6 Å². The summed E-state index contributed by atoms with van der Waals surface area (Å²) in [5.41, 5.74) is 0.0468. The first-order valence-electron chi connectivity index (χ1n) is 6.33. The number of piperidine rings is 1. The van der Waals surface area contributed by atoms with Gasteiger partial charge in [-0.2, -0.15) is 5.21 Å². The molecule has 2 aromatic rings. The van der Waals surface area contributed by atoms with Crippen LogP contribution in [-0.2, 0) is 0 Å². The molecule has 9 nitrogen and oxygen atoms in total. The highest BCUT2D eigenvalue weighted by atomic mass is 16.6. The van der Waals surface area contributed by atoms with E-state index in [1.165, 1.54) is 6.07 Å². The lowest BCUT2D eigenvalue weighted by Crippen LogP contribution is -2.34. The molecule has 0 atom stereocenters. The van der Waals surface area contributed by atoms with E-state index in [-0.39, 0.29) is 11.6 Å². The molecule has 1 N–H and O–H groups in total. The third kappa shape index (κ3) is 2.29. The molecular weight excluding hydrogens is 262 g/mol. The van der Waals surface area contributed by atoms with E-state index >= 15 is 0 Å². The second-order valence-electron chi connectivity index (χ2n) is 4.63. The van der Waals surface area contributed by atoms with Crippen LogP contribution in [0.4, 0.5) is 11.5 Å². The summed E-state index contributed by atoms with van der Waals surface area (Å²) in [5, 5.41) is 25.0. The second-order valence-corrected chi connectivity index (χ2v) is 4.63. The van der Waals surface area contributed by atoms with Gasteiger partial charge in [0.05, 0.1) is 4.92 Å².